The number of halogens is 2. The summed E-state index contributed by atoms with van der Waals surface area (Å²) in [5.74, 6) is -2.23. The highest BCUT2D eigenvalue weighted by Gasteiger charge is 2.36. The summed E-state index contributed by atoms with van der Waals surface area (Å²) in [6.07, 6.45) is 2.97. The molecule has 3 heterocycles. The smallest absolute Gasteiger partial charge is 0.247 e. The van der Waals surface area contributed by atoms with Crippen LogP contribution in [0.4, 0.5) is 0 Å². The molecular weight excluding hydrogens is 930 g/mol. The van der Waals surface area contributed by atoms with Gasteiger partial charge in [0, 0.05) is 105 Å². The van der Waals surface area contributed by atoms with E-state index in [0.29, 0.717) is 33.5 Å². The van der Waals surface area contributed by atoms with E-state index >= 15 is 4.79 Å². The minimum atomic E-state index is -1.19. The van der Waals surface area contributed by atoms with E-state index in [4.69, 9.17) is 37.7 Å². The number of benzene rings is 4. The van der Waals surface area contributed by atoms with Crippen molar-refractivity contribution in [2.24, 2.45) is 5.92 Å². The van der Waals surface area contributed by atoms with E-state index in [1.807, 2.05) is 79.9 Å². The van der Waals surface area contributed by atoms with E-state index < -0.39 is 47.8 Å². The number of fused-ring (bicyclic) bond motifs is 1. The number of ether oxygens (including phenoxy) is 2. The van der Waals surface area contributed by atoms with E-state index in [1.54, 1.807) is 56.3 Å². The zero-order valence-corrected chi connectivity index (χ0v) is 41.8. The minimum absolute atomic E-state index is 0.0716. The molecule has 1 aromatic heterocycles. The molecule has 0 unspecified atom stereocenters. The van der Waals surface area contributed by atoms with Gasteiger partial charge in [0.15, 0.2) is 0 Å². The first-order valence-corrected chi connectivity index (χ1v) is 24.3. The minimum Gasteiger partial charge on any atom is -0.457 e. The van der Waals surface area contributed by atoms with Crippen molar-refractivity contribution in [3.05, 3.63) is 147 Å². The molecule has 5 aromatic rings. The molecule has 3 N–H and O–H groups in total. The Morgan fingerprint density at radius 3 is 2.21 bits per heavy atom. The van der Waals surface area contributed by atoms with Crippen molar-refractivity contribution < 1.29 is 33.4 Å². The van der Waals surface area contributed by atoms with E-state index in [2.05, 4.69) is 22.0 Å². The second kappa shape index (κ2) is 24.0. The maximum absolute atomic E-state index is 15.0. The van der Waals surface area contributed by atoms with Gasteiger partial charge in [-0.3, -0.25) is 29.0 Å². The summed E-state index contributed by atoms with van der Waals surface area (Å²) in [5.41, 5.74) is 6.45. The number of hydrogen-bond donors (Lipinski definition) is 3. The highest BCUT2D eigenvalue weighted by Crippen LogP contribution is 2.33. The van der Waals surface area contributed by atoms with Crippen LogP contribution in [-0.4, -0.2) is 114 Å². The van der Waals surface area contributed by atoms with Crippen molar-refractivity contribution in [1.29, 1.82) is 0 Å². The number of pyridine rings is 1. The quantitative estimate of drug-likeness (QED) is 0.126. The molecule has 5 atom stereocenters. The number of rotatable bonds is 11. The van der Waals surface area contributed by atoms with Crippen LogP contribution < -0.4 is 20.7 Å². The van der Waals surface area contributed by atoms with Crippen LogP contribution in [0, 0.1) is 5.92 Å². The SMILES string of the molecule is COC[C@@H]1NC(=O)[C@H](C)N(Cc2ccc(Cl)cc2Oc2ccc(-c3cnc4c(c3)CNCC4)cc2)C(=O)C[C@@H](Cc2ccccc2)C(=O)N(C)[C@@H](C)CNC(=O)C[C@H](Cc2ccc(Cl)cc2)N(C)C1=O. The third kappa shape index (κ3) is 13.3. The molecular formula is C54H61Cl2N7O7. The van der Waals surface area contributed by atoms with Gasteiger partial charge in [0.05, 0.1) is 19.1 Å². The predicted molar refractivity (Wildman–Crippen MR) is 270 cm³/mol. The first-order chi connectivity index (χ1) is 33.7. The fourth-order valence-electron chi connectivity index (χ4n) is 8.83. The number of hydrogen-bond acceptors (Lipinski definition) is 9. The Kier molecular flexibility index (Phi) is 17.7. The lowest BCUT2D eigenvalue weighted by Crippen LogP contribution is -2.57. The Labute approximate surface area is 420 Å². The maximum Gasteiger partial charge on any atom is 0.247 e. The van der Waals surface area contributed by atoms with Crippen molar-refractivity contribution in [2.45, 2.75) is 83.2 Å². The van der Waals surface area contributed by atoms with Gasteiger partial charge in [0.25, 0.3) is 0 Å². The summed E-state index contributed by atoms with van der Waals surface area (Å²) >= 11 is 12.8. The van der Waals surface area contributed by atoms with E-state index in [1.165, 1.54) is 22.5 Å². The van der Waals surface area contributed by atoms with E-state index in [9.17, 15) is 19.2 Å². The molecule has 0 spiro atoms. The van der Waals surface area contributed by atoms with Gasteiger partial charge >= 0.3 is 0 Å². The Hall–Kier alpha value is -6.32. The highest BCUT2D eigenvalue weighted by atomic mass is 35.5. The van der Waals surface area contributed by atoms with Crippen molar-refractivity contribution in [2.75, 3.05) is 40.9 Å². The summed E-state index contributed by atoms with van der Waals surface area (Å²) < 4.78 is 12.0. The molecule has 70 heavy (non-hydrogen) atoms. The predicted octanol–water partition coefficient (Wildman–Crippen LogP) is 7.03. The fraction of sp³-hybridized carbons (Fsp3) is 0.370. The molecule has 0 bridgehead atoms. The van der Waals surface area contributed by atoms with Gasteiger partial charge in [0.1, 0.15) is 23.6 Å². The van der Waals surface area contributed by atoms with Crippen molar-refractivity contribution in [3.8, 4) is 22.6 Å². The van der Waals surface area contributed by atoms with Crippen LogP contribution in [0.25, 0.3) is 11.1 Å². The van der Waals surface area contributed by atoms with Gasteiger partial charge in [-0.1, -0.05) is 83.9 Å². The molecule has 14 nitrogen and oxygen atoms in total. The maximum atomic E-state index is 15.0. The first kappa shape index (κ1) is 51.5. The molecule has 1 saturated heterocycles. The fourth-order valence-corrected chi connectivity index (χ4v) is 9.12. The average molecular weight is 991 g/mol. The largest absolute Gasteiger partial charge is 0.457 e. The van der Waals surface area contributed by atoms with Crippen molar-refractivity contribution in [3.63, 3.8) is 0 Å². The van der Waals surface area contributed by atoms with Gasteiger partial charge in [-0.15, -0.1) is 0 Å². The van der Waals surface area contributed by atoms with Crippen LogP contribution >= 0.6 is 23.2 Å². The first-order valence-electron chi connectivity index (χ1n) is 23.6. The zero-order chi connectivity index (χ0) is 49.9. The number of nitrogens with zero attached hydrogens (tertiary/aromatic N) is 4. The Morgan fingerprint density at radius 1 is 0.771 bits per heavy atom. The Balaban J connectivity index is 1.22. The monoisotopic (exact) mass is 989 g/mol. The highest BCUT2D eigenvalue weighted by molar-refractivity contribution is 6.31. The van der Waals surface area contributed by atoms with Crippen LogP contribution in [0.2, 0.25) is 10.0 Å². The molecule has 0 aliphatic carbocycles. The van der Waals surface area contributed by atoms with Crippen LogP contribution in [0.15, 0.2) is 109 Å². The third-order valence-corrected chi connectivity index (χ3v) is 13.7. The van der Waals surface area contributed by atoms with Gasteiger partial charge in [-0.25, -0.2) is 0 Å². The molecule has 0 saturated carbocycles. The molecule has 7 rings (SSSR count). The lowest BCUT2D eigenvalue weighted by Gasteiger charge is -2.35. The number of carbonyl (C=O) groups excluding carboxylic acids is 5. The Bertz CT molecular complexity index is 2640. The Morgan fingerprint density at radius 2 is 1.49 bits per heavy atom. The van der Waals surface area contributed by atoms with Crippen LogP contribution in [-0.2, 0) is 61.1 Å². The van der Waals surface area contributed by atoms with Gasteiger partial charge in [-0.05, 0) is 91.4 Å². The average Bonchev–Trinajstić information content (AvgIpc) is 3.36. The second-order valence-electron chi connectivity index (χ2n) is 18.2. The standard InChI is InChI=1S/C54H61Cl2N7O7/c1-34-29-59-50(64)28-45(24-37-11-16-43(55)17-12-37)62(4)54(68)48(33-69-5)60-52(66)35(2)63(51(65)26-40(53(67)61(34)3)23-36-9-7-6-8-10-36)32-39-13-18-44(56)27-49(39)70-46-19-14-38(15-20-46)41-25-42-30-57-22-21-47(42)58-31-41/h6-20,25,27,31,34-35,40,45,48,57H,21-24,26,28-30,32-33H2,1-5H3,(H,59,64)(H,60,66)/t34-,35-,40+,45-,48-/m0/s1. The van der Waals surface area contributed by atoms with Gasteiger partial charge < -0.3 is 40.1 Å². The van der Waals surface area contributed by atoms with Crippen molar-refractivity contribution >= 4 is 52.7 Å². The number of aromatic nitrogens is 1. The molecule has 5 amide bonds. The lowest BCUT2D eigenvalue weighted by molar-refractivity contribution is -0.147. The number of amides is 5. The van der Waals surface area contributed by atoms with Crippen LogP contribution in [0.3, 0.4) is 0 Å². The van der Waals surface area contributed by atoms with Gasteiger partial charge in [-0.2, -0.15) is 0 Å². The number of carbonyl (C=O) groups is 5. The second-order valence-corrected chi connectivity index (χ2v) is 19.1. The molecule has 0 radical (unpaired) electrons. The number of methoxy groups -OCH3 is 1. The summed E-state index contributed by atoms with van der Waals surface area (Å²) in [5, 5.41) is 10.2. The van der Waals surface area contributed by atoms with E-state index in [-0.39, 0.29) is 50.8 Å². The molecule has 16 heteroatoms. The molecule has 4 aromatic carbocycles. The topological polar surface area (TPSA) is 163 Å². The number of likely N-dealkylation sites (N-methyl/N-ethyl adjacent to an activating group) is 2. The molecule has 2 aliphatic rings. The summed E-state index contributed by atoms with van der Waals surface area (Å²) in [4.78, 5) is 81.5. The molecule has 2 aliphatic heterocycles. The van der Waals surface area contributed by atoms with Crippen molar-refractivity contribution in [1.82, 2.24) is 35.6 Å². The number of nitrogens with one attached hydrogen (secondary N) is 3. The molecule has 1 fully saturated rings. The van der Waals surface area contributed by atoms with Gasteiger partial charge in [0.2, 0.25) is 29.5 Å². The van der Waals surface area contributed by atoms with E-state index in [0.717, 1.165) is 47.5 Å². The summed E-state index contributed by atoms with van der Waals surface area (Å²) in [6.45, 7) is 4.89. The summed E-state index contributed by atoms with van der Waals surface area (Å²) in [7, 11) is 4.66. The third-order valence-electron chi connectivity index (χ3n) is 13.2. The lowest BCUT2D eigenvalue weighted by atomic mass is 9.93. The summed E-state index contributed by atoms with van der Waals surface area (Å²) in [6, 6.07) is 27.9. The van der Waals surface area contributed by atoms with Crippen LogP contribution in [0.1, 0.15) is 54.6 Å². The normalized spacial score (nSPS) is 21.1. The zero-order valence-electron chi connectivity index (χ0n) is 40.3. The molecule has 368 valence electrons. The van der Waals surface area contributed by atoms with Crippen LogP contribution in [0.5, 0.6) is 11.5 Å².